The first-order chi connectivity index (χ1) is 8.73. The molecule has 5 nitrogen and oxygen atoms in total. The van der Waals surface area contributed by atoms with E-state index in [9.17, 15) is 18.3 Å². The third-order valence-electron chi connectivity index (χ3n) is 2.80. The molecule has 19 heavy (non-hydrogen) atoms. The Balaban J connectivity index is 3.12. The lowest BCUT2D eigenvalue weighted by molar-refractivity contribution is -0.143. The second-order valence-electron chi connectivity index (χ2n) is 4.82. The van der Waals surface area contributed by atoms with E-state index in [0.29, 0.717) is 0 Å². The molecule has 0 saturated heterocycles. The zero-order valence-corrected chi connectivity index (χ0v) is 12.1. The van der Waals surface area contributed by atoms with Crippen molar-refractivity contribution in [2.75, 3.05) is 6.26 Å². The quantitative estimate of drug-likeness (QED) is 0.860. The number of carboxylic acid groups (broad SMARTS) is 1. The largest absolute Gasteiger partial charge is 0.480 e. The molecule has 106 valence electrons. The van der Waals surface area contributed by atoms with Crippen LogP contribution in [0.25, 0.3) is 0 Å². The van der Waals surface area contributed by atoms with Gasteiger partial charge >= 0.3 is 5.97 Å². The lowest BCUT2D eigenvalue weighted by atomic mass is 10.0. The Morgan fingerprint density at radius 2 is 1.79 bits per heavy atom. The van der Waals surface area contributed by atoms with Gasteiger partial charge < -0.3 is 5.11 Å². The number of carbonyl (C=O) groups is 1. The summed E-state index contributed by atoms with van der Waals surface area (Å²) < 4.78 is 24.7. The zero-order valence-electron chi connectivity index (χ0n) is 11.3. The fourth-order valence-corrected chi connectivity index (χ4v) is 3.06. The number of aliphatic carboxylic acids is 1. The third kappa shape index (κ3) is 4.33. The average Bonchev–Trinajstić information content (AvgIpc) is 2.27. The Morgan fingerprint density at radius 1 is 1.26 bits per heavy atom. The van der Waals surface area contributed by atoms with Gasteiger partial charge in [0, 0.05) is 6.54 Å². The van der Waals surface area contributed by atoms with E-state index in [0.717, 1.165) is 16.1 Å². The van der Waals surface area contributed by atoms with Crippen LogP contribution in [0.2, 0.25) is 0 Å². The minimum Gasteiger partial charge on any atom is -0.480 e. The molecule has 1 aromatic carbocycles. The Morgan fingerprint density at radius 3 is 2.16 bits per heavy atom. The molecule has 0 aliphatic carbocycles. The fraction of sp³-hybridized carbons (Fsp3) is 0.462. The number of nitrogens with zero attached hydrogens (tertiary/aromatic N) is 1. The van der Waals surface area contributed by atoms with E-state index >= 15 is 0 Å². The van der Waals surface area contributed by atoms with E-state index < -0.39 is 22.0 Å². The molecular formula is C13H19NO4S. The molecule has 0 spiro atoms. The fourth-order valence-electron chi connectivity index (χ4n) is 1.93. The molecule has 0 aliphatic rings. The normalized spacial score (nSPS) is 13.7. The molecule has 0 aromatic heterocycles. The van der Waals surface area contributed by atoms with Crippen LogP contribution in [0, 0.1) is 5.92 Å². The molecule has 1 rings (SSSR count). The maximum absolute atomic E-state index is 11.8. The molecule has 0 radical (unpaired) electrons. The molecule has 0 bridgehead atoms. The summed E-state index contributed by atoms with van der Waals surface area (Å²) >= 11 is 0. The first-order valence-electron chi connectivity index (χ1n) is 5.97. The summed E-state index contributed by atoms with van der Waals surface area (Å²) in [6, 6.07) is 7.90. The summed E-state index contributed by atoms with van der Waals surface area (Å²) in [5, 5.41) is 9.25. The standard InChI is InChI=1S/C13H19NO4S/c1-10(2)12(13(15)16)14(19(3,17)18)9-11-7-5-4-6-8-11/h4-8,10,12H,9H2,1-3H3,(H,15,16)/t12-/m0/s1. The number of hydrogen-bond donors (Lipinski definition) is 1. The number of rotatable bonds is 6. The van der Waals surface area contributed by atoms with Gasteiger partial charge in [0.05, 0.1) is 6.26 Å². The van der Waals surface area contributed by atoms with Gasteiger partial charge in [-0.3, -0.25) is 4.79 Å². The Bertz CT molecular complexity index is 525. The van der Waals surface area contributed by atoms with Gasteiger partial charge in [0.15, 0.2) is 0 Å². The van der Waals surface area contributed by atoms with E-state index in [4.69, 9.17) is 0 Å². The van der Waals surface area contributed by atoms with E-state index in [-0.39, 0.29) is 12.5 Å². The van der Waals surface area contributed by atoms with Gasteiger partial charge in [-0.1, -0.05) is 44.2 Å². The highest BCUT2D eigenvalue weighted by atomic mass is 32.2. The van der Waals surface area contributed by atoms with Gasteiger partial charge in [-0.25, -0.2) is 8.42 Å². The molecule has 0 aliphatic heterocycles. The summed E-state index contributed by atoms with van der Waals surface area (Å²) in [5.74, 6) is -1.44. The monoisotopic (exact) mass is 285 g/mol. The molecule has 1 N–H and O–H groups in total. The number of sulfonamides is 1. The van der Waals surface area contributed by atoms with Crippen LogP contribution in [0.4, 0.5) is 0 Å². The van der Waals surface area contributed by atoms with Gasteiger partial charge in [-0.2, -0.15) is 4.31 Å². The zero-order chi connectivity index (χ0) is 14.6. The maximum atomic E-state index is 11.8. The Labute approximate surface area is 113 Å². The minimum absolute atomic E-state index is 0.0643. The highest BCUT2D eigenvalue weighted by Gasteiger charge is 2.34. The van der Waals surface area contributed by atoms with Gasteiger partial charge in [0.1, 0.15) is 6.04 Å². The van der Waals surface area contributed by atoms with Crippen molar-refractivity contribution in [1.29, 1.82) is 0 Å². The molecule has 0 amide bonds. The number of benzene rings is 1. The molecule has 1 atom stereocenters. The lowest BCUT2D eigenvalue weighted by Gasteiger charge is -2.29. The van der Waals surface area contributed by atoms with Crippen molar-refractivity contribution >= 4 is 16.0 Å². The van der Waals surface area contributed by atoms with Crippen molar-refractivity contribution in [2.24, 2.45) is 5.92 Å². The summed E-state index contributed by atoms with van der Waals surface area (Å²) in [7, 11) is -3.60. The van der Waals surface area contributed by atoms with Crippen molar-refractivity contribution in [3.63, 3.8) is 0 Å². The number of carboxylic acids is 1. The van der Waals surface area contributed by atoms with Crippen molar-refractivity contribution in [1.82, 2.24) is 4.31 Å². The molecule has 1 aromatic rings. The average molecular weight is 285 g/mol. The van der Waals surface area contributed by atoms with Crippen LogP contribution in [-0.2, 0) is 21.4 Å². The summed E-state index contributed by atoms with van der Waals surface area (Å²) in [6.45, 7) is 3.46. The second kappa shape index (κ2) is 6.16. The summed E-state index contributed by atoms with van der Waals surface area (Å²) in [5.41, 5.74) is 0.764. The van der Waals surface area contributed by atoms with E-state index in [1.807, 2.05) is 6.07 Å². The van der Waals surface area contributed by atoms with Gasteiger partial charge in [-0.05, 0) is 11.5 Å². The first-order valence-corrected chi connectivity index (χ1v) is 7.82. The predicted octanol–water partition coefficient (Wildman–Crippen LogP) is 1.56. The predicted molar refractivity (Wildman–Crippen MR) is 73.1 cm³/mol. The maximum Gasteiger partial charge on any atom is 0.322 e. The summed E-state index contributed by atoms with van der Waals surface area (Å²) in [4.78, 5) is 11.3. The second-order valence-corrected chi connectivity index (χ2v) is 6.76. The first kappa shape index (κ1) is 15.7. The van der Waals surface area contributed by atoms with Crippen molar-refractivity contribution < 1.29 is 18.3 Å². The molecule has 0 unspecified atom stereocenters. The topological polar surface area (TPSA) is 74.7 Å². The van der Waals surface area contributed by atoms with Crippen LogP contribution in [0.5, 0.6) is 0 Å². The molecule has 6 heteroatoms. The highest BCUT2D eigenvalue weighted by Crippen LogP contribution is 2.18. The van der Waals surface area contributed by atoms with Crippen molar-refractivity contribution in [3.8, 4) is 0 Å². The Kier molecular flexibility index (Phi) is 5.08. The third-order valence-corrected chi connectivity index (χ3v) is 4.01. The van der Waals surface area contributed by atoms with Crippen molar-refractivity contribution in [3.05, 3.63) is 35.9 Å². The molecule has 0 saturated carbocycles. The van der Waals surface area contributed by atoms with Gasteiger partial charge in [0.25, 0.3) is 0 Å². The molecular weight excluding hydrogens is 266 g/mol. The highest BCUT2D eigenvalue weighted by molar-refractivity contribution is 7.88. The smallest absolute Gasteiger partial charge is 0.322 e. The molecule has 0 heterocycles. The van der Waals surface area contributed by atoms with Crippen LogP contribution in [-0.4, -0.2) is 36.1 Å². The van der Waals surface area contributed by atoms with Crippen LogP contribution >= 0.6 is 0 Å². The van der Waals surface area contributed by atoms with Crippen LogP contribution in [0.15, 0.2) is 30.3 Å². The molecule has 0 fully saturated rings. The van der Waals surface area contributed by atoms with E-state index in [1.54, 1.807) is 38.1 Å². The van der Waals surface area contributed by atoms with E-state index in [2.05, 4.69) is 0 Å². The van der Waals surface area contributed by atoms with Crippen molar-refractivity contribution in [2.45, 2.75) is 26.4 Å². The van der Waals surface area contributed by atoms with Gasteiger partial charge in [-0.15, -0.1) is 0 Å². The Hall–Kier alpha value is -1.40. The SMILES string of the molecule is CC(C)[C@@H](C(=O)O)N(Cc1ccccc1)S(C)(=O)=O. The van der Waals surface area contributed by atoms with Gasteiger partial charge in [0.2, 0.25) is 10.0 Å². The lowest BCUT2D eigenvalue weighted by Crippen LogP contribution is -2.47. The van der Waals surface area contributed by atoms with Crippen LogP contribution in [0.1, 0.15) is 19.4 Å². The minimum atomic E-state index is -3.60. The van der Waals surface area contributed by atoms with Crippen LogP contribution in [0.3, 0.4) is 0 Å². The number of hydrogen-bond acceptors (Lipinski definition) is 3. The van der Waals surface area contributed by atoms with Crippen LogP contribution < -0.4 is 0 Å². The van der Waals surface area contributed by atoms with E-state index in [1.165, 1.54) is 0 Å². The summed E-state index contributed by atoms with van der Waals surface area (Å²) in [6.07, 6.45) is 1.04.